The number of hydrogen-bond acceptors (Lipinski definition) is 0. The van der Waals surface area contributed by atoms with Gasteiger partial charge in [-0.1, -0.05) is 13.3 Å². The second-order valence-electron chi connectivity index (χ2n) is 1.06. The van der Waals surface area contributed by atoms with Crippen LogP contribution in [0.4, 0.5) is 0 Å². The minimum Gasteiger partial charge on any atom is -0.237 e. The van der Waals surface area contributed by atoms with Gasteiger partial charge in [-0.15, -0.1) is 0 Å². The molecule has 31 valence electrons. The Bertz CT molecular complexity index is 11.1. The summed E-state index contributed by atoms with van der Waals surface area (Å²) in [7, 11) is 0. The monoisotopic (exact) mass is 60.1 g/mol. The highest BCUT2D eigenvalue weighted by Crippen LogP contribution is 1.79. The van der Waals surface area contributed by atoms with E-state index in [-0.39, 0.29) is 6.61 Å². The quantitative estimate of drug-likeness (QED) is 0.456. The van der Waals surface area contributed by atoms with Crippen molar-refractivity contribution in [3.8, 4) is 0 Å². The number of hydrogen-bond donors (Lipinski definition) is 0. The van der Waals surface area contributed by atoms with Crippen LogP contribution < -0.4 is 0 Å². The highest BCUT2D eigenvalue weighted by atomic mass is 13.6. The standard InChI is InChI=1S/C4H9O/c1-2-3-4-5/h2-4H2,1H3/i5-13. The highest BCUT2D eigenvalue weighted by Gasteiger charge is 1.71. The molecule has 0 bridgehead atoms. The molecule has 0 amide bonds. The SMILES string of the molecule is CCCC[3O]. The normalized spacial score (nSPS) is 8.40. The number of rotatable bonds is 2. The molecule has 0 aromatic heterocycles. The summed E-state index contributed by atoms with van der Waals surface area (Å²) in [6, 6.07) is 0. The summed E-state index contributed by atoms with van der Waals surface area (Å²) in [5.41, 5.74) is 0. The average Bonchev–Trinajstić information content (AvgIpc) is 1.41. The zero-order valence-corrected chi connectivity index (χ0v) is 3.53. The molecule has 5 heavy (non-hydrogen) atoms. The van der Waals surface area contributed by atoms with Gasteiger partial charge >= 0.3 is 0 Å². The molecule has 0 unspecified atom stereocenters. The molecule has 1 radical (unpaired) electrons. The van der Waals surface area contributed by atoms with Gasteiger partial charge < -0.3 is 0 Å². The Labute approximate surface area is 32.6 Å². The van der Waals surface area contributed by atoms with E-state index in [9.17, 15) is 5.11 Å². The van der Waals surface area contributed by atoms with Gasteiger partial charge in [-0.25, -0.2) is 5.11 Å². The van der Waals surface area contributed by atoms with Crippen molar-refractivity contribution in [3.63, 3.8) is 0 Å². The first-order valence-electron chi connectivity index (χ1n) is 2.00. The minimum atomic E-state index is 0.0938. The van der Waals surface area contributed by atoms with Crippen LogP contribution in [0.5, 0.6) is 0 Å². The van der Waals surface area contributed by atoms with Gasteiger partial charge in [0, 0.05) is 0 Å². The second kappa shape index (κ2) is 3.96. The van der Waals surface area contributed by atoms with Crippen LogP contribution in [0, 0.1) is 0 Å². The molecule has 1 nitrogen and oxygen atoms in total. The maximum Gasteiger partial charge on any atom is 0.0822 e. The Kier molecular flexibility index (Phi) is 3.93. The topological polar surface area (TPSA) is 19.9 Å². The van der Waals surface area contributed by atoms with Crippen molar-refractivity contribution in [2.75, 3.05) is 6.61 Å². The zero-order chi connectivity index (χ0) is 4.12. The van der Waals surface area contributed by atoms with Crippen LogP contribution in [0.1, 0.15) is 19.8 Å². The summed E-state index contributed by atoms with van der Waals surface area (Å²) in [6.07, 6.45) is 1.86. The Hall–Kier alpha value is -0.0400. The third-order valence-corrected chi connectivity index (χ3v) is 0.498. The predicted molar refractivity (Wildman–Crippen MR) is 20.5 cm³/mol. The molecule has 0 aliphatic carbocycles. The van der Waals surface area contributed by atoms with Crippen LogP contribution in [0.3, 0.4) is 0 Å². The van der Waals surface area contributed by atoms with E-state index in [0.717, 1.165) is 12.8 Å². The van der Waals surface area contributed by atoms with Crippen LogP contribution in [0.2, 0.25) is 0 Å². The Morgan fingerprint density at radius 1 is 1.60 bits per heavy atom. The van der Waals surface area contributed by atoms with Gasteiger partial charge in [-0.3, -0.25) is 0 Å². The first kappa shape index (κ1) is 4.96. The van der Waals surface area contributed by atoms with E-state index in [4.69, 9.17) is 0 Å². The molecule has 0 rings (SSSR count). The van der Waals surface area contributed by atoms with Crippen LogP contribution in [0.25, 0.3) is 0 Å². The van der Waals surface area contributed by atoms with Gasteiger partial charge in [0.2, 0.25) is 0 Å². The van der Waals surface area contributed by atoms with Crippen molar-refractivity contribution in [2.24, 2.45) is 0 Å². The lowest BCUT2D eigenvalue weighted by atomic mass is 2.89. The van der Waals surface area contributed by atoms with Gasteiger partial charge in [-0.2, -0.15) is 0 Å². The highest BCUT2D eigenvalue weighted by molar-refractivity contribution is 4.22. The van der Waals surface area contributed by atoms with E-state index in [1.165, 1.54) is 0 Å². The second-order valence-corrected chi connectivity index (χ2v) is 1.06. The summed E-state index contributed by atoms with van der Waals surface area (Å²) in [5.74, 6) is 0. The lowest BCUT2D eigenvalue weighted by molar-refractivity contribution is 0.188. The van der Waals surface area contributed by atoms with E-state index in [1.807, 2.05) is 6.92 Å². The van der Waals surface area contributed by atoms with E-state index in [2.05, 4.69) is 0 Å². The fourth-order valence-electron chi connectivity index (χ4n) is 0.144. The smallest absolute Gasteiger partial charge is 0.0822 e. The fourth-order valence-corrected chi connectivity index (χ4v) is 0.144. The van der Waals surface area contributed by atoms with Crippen LogP contribution in [0.15, 0.2) is 0 Å². The van der Waals surface area contributed by atoms with Crippen LogP contribution in [-0.4, -0.2) is 6.61 Å². The van der Waals surface area contributed by atoms with Crippen molar-refractivity contribution >= 4 is 0 Å². The Morgan fingerprint density at radius 2 is 2.20 bits per heavy atom. The molecule has 0 saturated carbocycles. The molecule has 0 atom stereocenters. The molecular weight excluding hydrogens is 51.0 g/mol. The van der Waals surface area contributed by atoms with Gasteiger partial charge in [0.05, 0.1) is 6.61 Å². The number of unbranched alkanes of at least 4 members (excludes halogenated alkanes) is 1. The summed E-state index contributed by atoms with van der Waals surface area (Å²) in [4.78, 5) is 0. The predicted octanol–water partition coefficient (Wildman–Crippen LogP) is 1.22. The molecule has 0 aliphatic rings. The van der Waals surface area contributed by atoms with Crippen LogP contribution >= 0.6 is 0 Å². The molecule has 0 aromatic rings. The average molecular weight is 60.1 g/mol. The lowest BCUT2D eigenvalue weighted by Gasteiger charge is -1.76. The molecule has 0 aliphatic heterocycles. The summed E-state index contributed by atoms with van der Waals surface area (Å²) in [5, 5.41) is 9.53. The zero-order valence-electron chi connectivity index (χ0n) is 3.53. The maximum atomic E-state index is 9.53. The Morgan fingerprint density at radius 3 is 2.20 bits per heavy atom. The summed E-state index contributed by atoms with van der Waals surface area (Å²) >= 11 is 0. The molecule has 0 saturated heterocycles. The molecule has 0 aromatic carbocycles. The van der Waals surface area contributed by atoms with Crippen LogP contribution in [-0.2, 0) is 5.11 Å². The first-order chi connectivity index (χ1) is 2.41. The first-order valence-corrected chi connectivity index (χ1v) is 2.00. The van der Waals surface area contributed by atoms with Crippen molar-refractivity contribution in [3.05, 3.63) is 0 Å². The van der Waals surface area contributed by atoms with Crippen molar-refractivity contribution < 1.29 is 5.11 Å². The maximum absolute atomic E-state index is 9.53. The van der Waals surface area contributed by atoms with E-state index in [0.29, 0.717) is 0 Å². The van der Waals surface area contributed by atoms with E-state index in [1.54, 1.807) is 0 Å². The van der Waals surface area contributed by atoms with Crippen molar-refractivity contribution in [1.82, 2.24) is 0 Å². The molecule has 0 fully saturated rings. The fraction of sp³-hybridized carbons (Fsp3) is 1.00. The molecule has 1 heteroatoms. The van der Waals surface area contributed by atoms with Gasteiger partial charge in [0.15, 0.2) is 0 Å². The molecular formula is C4H9O. The Balaban J connectivity index is 2.19. The van der Waals surface area contributed by atoms with Crippen molar-refractivity contribution in [1.29, 1.82) is 0 Å². The van der Waals surface area contributed by atoms with E-state index >= 15 is 0 Å². The van der Waals surface area contributed by atoms with Gasteiger partial charge in [-0.05, 0) is 6.42 Å². The third-order valence-electron chi connectivity index (χ3n) is 0.498. The van der Waals surface area contributed by atoms with E-state index < -0.39 is 0 Å². The van der Waals surface area contributed by atoms with Gasteiger partial charge in [0.25, 0.3) is 0 Å². The molecule has 0 heterocycles. The molecule has 0 N–H and O–H groups in total. The largest absolute Gasteiger partial charge is 0.237 e. The summed E-state index contributed by atoms with van der Waals surface area (Å²) in [6.45, 7) is 2.11. The third kappa shape index (κ3) is 3.96. The molecule has 0 spiro atoms. The lowest BCUT2D eigenvalue weighted by Crippen LogP contribution is -1.72. The summed E-state index contributed by atoms with van der Waals surface area (Å²) < 4.78 is 0. The van der Waals surface area contributed by atoms with Gasteiger partial charge in [0.1, 0.15) is 0 Å². The minimum absolute atomic E-state index is 0.0938. The van der Waals surface area contributed by atoms with Crippen molar-refractivity contribution in [2.45, 2.75) is 19.8 Å².